The maximum Gasteiger partial charge on any atom is 0.338 e. The Bertz CT molecular complexity index is 403. The van der Waals surface area contributed by atoms with E-state index in [4.69, 9.17) is 15.2 Å². The summed E-state index contributed by atoms with van der Waals surface area (Å²) in [4.78, 5) is 11.3. The molecule has 1 aromatic rings. The van der Waals surface area contributed by atoms with E-state index in [1.807, 2.05) is 0 Å². The first-order chi connectivity index (χ1) is 7.22. The average molecular weight is 209 g/mol. The van der Waals surface area contributed by atoms with E-state index in [1.165, 1.54) is 13.2 Å². The van der Waals surface area contributed by atoms with Crippen molar-refractivity contribution < 1.29 is 19.0 Å². The molecule has 2 rings (SSSR count). The second-order valence-electron chi connectivity index (χ2n) is 3.08. The highest BCUT2D eigenvalue weighted by molar-refractivity contribution is 5.92. The van der Waals surface area contributed by atoms with Gasteiger partial charge in [0.1, 0.15) is 13.2 Å². The molecule has 0 radical (unpaired) electrons. The van der Waals surface area contributed by atoms with Crippen molar-refractivity contribution in [1.29, 1.82) is 0 Å². The Morgan fingerprint density at radius 3 is 2.87 bits per heavy atom. The number of rotatable bonds is 1. The van der Waals surface area contributed by atoms with E-state index in [9.17, 15) is 4.79 Å². The number of fused-ring (bicyclic) bond motifs is 1. The molecule has 80 valence electrons. The van der Waals surface area contributed by atoms with Crippen molar-refractivity contribution in [2.24, 2.45) is 0 Å². The monoisotopic (exact) mass is 209 g/mol. The number of nitrogen functional groups attached to an aromatic ring is 1. The van der Waals surface area contributed by atoms with Crippen molar-refractivity contribution >= 4 is 11.7 Å². The molecule has 0 atom stereocenters. The topological polar surface area (TPSA) is 70.8 Å². The zero-order valence-electron chi connectivity index (χ0n) is 8.28. The number of hydrogen-bond donors (Lipinski definition) is 1. The largest absolute Gasteiger partial charge is 0.486 e. The normalized spacial score (nSPS) is 13.4. The summed E-state index contributed by atoms with van der Waals surface area (Å²) < 4.78 is 15.2. The number of methoxy groups -OCH3 is 1. The van der Waals surface area contributed by atoms with Gasteiger partial charge in [0.2, 0.25) is 0 Å². The van der Waals surface area contributed by atoms with Crippen LogP contribution in [0.3, 0.4) is 0 Å². The summed E-state index contributed by atoms with van der Waals surface area (Å²) in [7, 11) is 1.31. The van der Waals surface area contributed by atoms with Gasteiger partial charge in [0, 0.05) is 0 Å². The summed E-state index contributed by atoms with van der Waals surface area (Å²) in [6.45, 7) is 0.922. The first kappa shape index (κ1) is 9.64. The van der Waals surface area contributed by atoms with E-state index in [-0.39, 0.29) is 0 Å². The van der Waals surface area contributed by atoms with Crippen LogP contribution in [0.1, 0.15) is 10.4 Å². The quantitative estimate of drug-likeness (QED) is 0.547. The second kappa shape index (κ2) is 3.68. The van der Waals surface area contributed by atoms with Gasteiger partial charge in [-0.05, 0) is 12.1 Å². The SMILES string of the molecule is COC(=O)c1cc(N)c2c(c1)OCCO2. The van der Waals surface area contributed by atoms with Crippen LogP contribution in [0, 0.1) is 0 Å². The Morgan fingerprint density at radius 2 is 2.13 bits per heavy atom. The average Bonchev–Trinajstić information content (AvgIpc) is 2.28. The Morgan fingerprint density at radius 1 is 1.40 bits per heavy atom. The van der Waals surface area contributed by atoms with Crippen LogP contribution in [0.2, 0.25) is 0 Å². The Hall–Kier alpha value is -1.91. The minimum absolute atomic E-state index is 0.360. The van der Waals surface area contributed by atoms with Crippen molar-refractivity contribution in [3.63, 3.8) is 0 Å². The van der Waals surface area contributed by atoms with Crippen LogP contribution in [0.15, 0.2) is 12.1 Å². The first-order valence-electron chi connectivity index (χ1n) is 4.50. The van der Waals surface area contributed by atoms with Crippen molar-refractivity contribution in [3.8, 4) is 11.5 Å². The molecule has 0 unspecified atom stereocenters. The summed E-state index contributed by atoms with van der Waals surface area (Å²) in [5.41, 5.74) is 6.46. The Balaban J connectivity index is 2.45. The minimum atomic E-state index is -0.446. The fourth-order valence-electron chi connectivity index (χ4n) is 1.42. The molecule has 0 bridgehead atoms. The van der Waals surface area contributed by atoms with Gasteiger partial charge in [-0.25, -0.2) is 4.79 Å². The Labute approximate surface area is 86.7 Å². The zero-order valence-corrected chi connectivity index (χ0v) is 8.28. The zero-order chi connectivity index (χ0) is 10.8. The predicted octanol–water partition coefficient (Wildman–Crippen LogP) is 0.827. The number of ether oxygens (including phenoxy) is 3. The molecular formula is C10H11NO4. The van der Waals surface area contributed by atoms with Gasteiger partial charge in [0.15, 0.2) is 11.5 Å². The minimum Gasteiger partial charge on any atom is -0.486 e. The van der Waals surface area contributed by atoms with Gasteiger partial charge in [-0.3, -0.25) is 0 Å². The highest BCUT2D eigenvalue weighted by atomic mass is 16.6. The summed E-state index contributed by atoms with van der Waals surface area (Å²) in [5.74, 6) is 0.536. The maximum absolute atomic E-state index is 11.3. The van der Waals surface area contributed by atoms with Gasteiger partial charge in [-0.2, -0.15) is 0 Å². The number of benzene rings is 1. The molecule has 1 aliphatic rings. The molecular weight excluding hydrogens is 198 g/mol. The molecule has 1 heterocycles. The van der Waals surface area contributed by atoms with Crippen LogP contribution in [0.4, 0.5) is 5.69 Å². The molecule has 0 fully saturated rings. The van der Waals surface area contributed by atoms with Gasteiger partial charge in [0.05, 0.1) is 18.4 Å². The van der Waals surface area contributed by atoms with Crippen LogP contribution >= 0.6 is 0 Å². The Kier molecular flexibility index (Phi) is 2.37. The first-order valence-corrected chi connectivity index (χ1v) is 4.50. The van der Waals surface area contributed by atoms with E-state index in [1.54, 1.807) is 6.07 Å². The fraction of sp³-hybridized carbons (Fsp3) is 0.300. The summed E-state index contributed by atoms with van der Waals surface area (Å²) >= 11 is 0. The van der Waals surface area contributed by atoms with Crippen molar-refractivity contribution in [3.05, 3.63) is 17.7 Å². The van der Waals surface area contributed by atoms with Gasteiger partial charge in [-0.1, -0.05) is 0 Å². The lowest BCUT2D eigenvalue weighted by molar-refractivity contribution is 0.0599. The summed E-state index contributed by atoms with van der Waals surface area (Å²) in [6, 6.07) is 3.08. The van der Waals surface area contributed by atoms with Gasteiger partial charge >= 0.3 is 5.97 Å². The lowest BCUT2D eigenvalue weighted by atomic mass is 10.1. The van der Waals surface area contributed by atoms with E-state index >= 15 is 0 Å². The third kappa shape index (κ3) is 1.68. The van der Waals surface area contributed by atoms with E-state index in [2.05, 4.69) is 4.74 Å². The second-order valence-corrected chi connectivity index (χ2v) is 3.08. The van der Waals surface area contributed by atoms with Crippen LogP contribution in [-0.4, -0.2) is 26.3 Å². The molecule has 1 aliphatic heterocycles. The van der Waals surface area contributed by atoms with Gasteiger partial charge in [-0.15, -0.1) is 0 Å². The summed E-state index contributed by atoms with van der Waals surface area (Å²) in [6.07, 6.45) is 0. The van der Waals surface area contributed by atoms with Crippen LogP contribution in [0.5, 0.6) is 11.5 Å². The fourth-order valence-corrected chi connectivity index (χ4v) is 1.42. The number of hydrogen-bond acceptors (Lipinski definition) is 5. The lowest BCUT2D eigenvalue weighted by Crippen LogP contribution is -2.17. The molecule has 0 aromatic heterocycles. The van der Waals surface area contributed by atoms with E-state index in [0.717, 1.165) is 0 Å². The molecule has 0 saturated heterocycles. The molecule has 5 nitrogen and oxygen atoms in total. The molecule has 0 aliphatic carbocycles. The molecule has 2 N–H and O–H groups in total. The number of carbonyl (C=O) groups is 1. The van der Waals surface area contributed by atoms with E-state index in [0.29, 0.717) is 36.0 Å². The third-order valence-corrected chi connectivity index (χ3v) is 2.09. The van der Waals surface area contributed by atoms with Crippen LogP contribution in [0.25, 0.3) is 0 Å². The molecule has 0 spiro atoms. The van der Waals surface area contributed by atoms with Crippen molar-refractivity contribution in [2.45, 2.75) is 0 Å². The predicted molar refractivity (Wildman–Crippen MR) is 53.2 cm³/mol. The number of nitrogens with two attached hydrogens (primary N) is 1. The molecule has 0 saturated carbocycles. The molecule has 0 amide bonds. The molecule has 15 heavy (non-hydrogen) atoms. The third-order valence-electron chi connectivity index (χ3n) is 2.09. The highest BCUT2D eigenvalue weighted by Gasteiger charge is 2.18. The molecule has 5 heteroatoms. The van der Waals surface area contributed by atoms with Gasteiger partial charge in [0.25, 0.3) is 0 Å². The lowest BCUT2D eigenvalue weighted by Gasteiger charge is -2.20. The highest BCUT2D eigenvalue weighted by Crippen LogP contribution is 2.37. The smallest absolute Gasteiger partial charge is 0.338 e. The van der Waals surface area contributed by atoms with Gasteiger partial charge < -0.3 is 19.9 Å². The van der Waals surface area contributed by atoms with Crippen molar-refractivity contribution in [1.82, 2.24) is 0 Å². The van der Waals surface area contributed by atoms with Crippen molar-refractivity contribution in [2.75, 3.05) is 26.1 Å². The standard InChI is InChI=1S/C10H11NO4/c1-13-10(12)6-4-7(11)9-8(5-6)14-2-3-15-9/h4-5H,2-3,11H2,1H3. The summed E-state index contributed by atoms with van der Waals surface area (Å²) in [5, 5.41) is 0. The van der Waals surface area contributed by atoms with Crippen LogP contribution in [-0.2, 0) is 4.74 Å². The number of esters is 1. The number of anilines is 1. The van der Waals surface area contributed by atoms with E-state index < -0.39 is 5.97 Å². The maximum atomic E-state index is 11.3. The molecule has 1 aromatic carbocycles. The van der Waals surface area contributed by atoms with Crippen LogP contribution < -0.4 is 15.2 Å². The number of carbonyl (C=O) groups excluding carboxylic acids is 1.